The monoisotopic (exact) mass is 274 g/mol. The van der Waals surface area contributed by atoms with Gasteiger partial charge in [-0.05, 0) is 50.6 Å². The van der Waals surface area contributed by atoms with Gasteiger partial charge in [0.25, 0.3) is 0 Å². The number of carbonyl (C=O) groups is 1. The van der Waals surface area contributed by atoms with Gasteiger partial charge in [0.05, 0.1) is 11.0 Å². The van der Waals surface area contributed by atoms with Gasteiger partial charge in [-0.25, -0.2) is 8.78 Å². The minimum atomic E-state index is -0.914. The first-order valence-corrected chi connectivity index (χ1v) is 6.39. The summed E-state index contributed by atoms with van der Waals surface area (Å²) in [5, 5.41) is 0. The zero-order valence-corrected chi connectivity index (χ0v) is 11.7. The predicted octanol–water partition coefficient (Wildman–Crippen LogP) is 4.43. The molecule has 0 spiro atoms. The van der Waals surface area contributed by atoms with Crippen LogP contribution in [-0.2, 0) is 5.41 Å². The number of benzene rings is 2. The quantitative estimate of drug-likeness (QED) is 0.756. The first kappa shape index (κ1) is 14.4. The summed E-state index contributed by atoms with van der Waals surface area (Å²) in [6, 6.07) is 10.2. The highest BCUT2D eigenvalue weighted by atomic mass is 19.1. The van der Waals surface area contributed by atoms with E-state index in [1.807, 2.05) is 0 Å². The SMILES string of the molecule is Cc1ccc(F)c(C(=O)C(C)(C)c2ccc(F)cc2)c1. The van der Waals surface area contributed by atoms with Gasteiger partial charge in [0.15, 0.2) is 5.78 Å². The van der Waals surface area contributed by atoms with Crippen LogP contribution in [0.25, 0.3) is 0 Å². The summed E-state index contributed by atoms with van der Waals surface area (Å²) in [6.07, 6.45) is 0. The Morgan fingerprint density at radius 2 is 1.60 bits per heavy atom. The van der Waals surface area contributed by atoms with Crippen molar-refractivity contribution in [2.75, 3.05) is 0 Å². The second-order valence-electron chi connectivity index (χ2n) is 5.44. The molecule has 20 heavy (non-hydrogen) atoms. The molecule has 0 unspecified atom stereocenters. The lowest BCUT2D eigenvalue weighted by atomic mass is 9.77. The van der Waals surface area contributed by atoms with Gasteiger partial charge in [-0.3, -0.25) is 4.79 Å². The topological polar surface area (TPSA) is 17.1 Å². The van der Waals surface area contributed by atoms with Crippen LogP contribution in [0.2, 0.25) is 0 Å². The van der Waals surface area contributed by atoms with E-state index in [-0.39, 0.29) is 17.2 Å². The van der Waals surface area contributed by atoms with E-state index in [9.17, 15) is 13.6 Å². The molecule has 0 saturated carbocycles. The van der Waals surface area contributed by atoms with Crippen LogP contribution in [0.15, 0.2) is 42.5 Å². The lowest BCUT2D eigenvalue weighted by Crippen LogP contribution is -2.30. The first-order valence-electron chi connectivity index (χ1n) is 6.39. The van der Waals surface area contributed by atoms with Crippen molar-refractivity contribution >= 4 is 5.78 Å². The van der Waals surface area contributed by atoms with Gasteiger partial charge in [-0.2, -0.15) is 0 Å². The summed E-state index contributed by atoms with van der Waals surface area (Å²) >= 11 is 0. The van der Waals surface area contributed by atoms with E-state index in [0.29, 0.717) is 5.56 Å². The van der Waals surface area contributed by atoms with Gasteiger partial charge < -0.3 is 0 Å². The van der Waals surface area contributed by atoms with Crippen LogP contribution in [0, 0.1) is 18.6 Å². The minimum absolute atomic E-state index is 0.0688. The van der Waals surface area contributed by atoms with Crippen LogP contribution in [0.5, 0.6) is 0 Å². The molecule has 2 aromatic carbocycles. The Kier molecular flexibility index (Phi) is 3.71. The van der Waals surface area contributed by atoms with Gasteiger partial charge in [0, 0.05) is 0 Å². The van der Waals surface area contributed by atoms with Crippen molar-refractivity contribution in [1.29, 1.82) is 0 Å². The fraction of sp³-hybridized carbons (Fsp3) is 0.235. The van der Waals surface area contributed by atoms with Gasteiger partial charge >= 0.3 is 0 Å². The third kappa shape index (κ3) is 2.62. The van der Waals surface area contributed by atoms with Crippen molar-refractivity contribution in [1.82, 2.24) is 0 Å². The summed E-state index contributed by atoms with van der Waals surface area (Å²) < 4.78 is 26.8. The third-order valence-electron chi connectivity index (χ3n) is 3.50. The van der Waals surface area contributed by atoms with Crippen molar-refractivity contribution in [2.45, 2.75) is 26.2 Å². The van der Waals surface area contributed by atoms with Crippen LogP contribution < -0.4 is 0 Å². The largest absolute Gasteiger partial charge is 0.293 e. The van der Waals surface area contributed by atoms with Crippen molar-refractivity contribution in [3.63, 3.8) is 0 Å². The van der Waals surface area contributed by atoms with Crippen LogP contribution >= 0.6 is 0 Å². The molecule has 2 rings (SSSR count). The molecule has 2 aromatic rings. The first-order chi connectivity index (χ1) is 9.32. The molecule has 0 aliphatic heterocycles. The standard InChI is InChI=1S/C17H16F2O/c1-11-4-9-15(19)14(10-11)16(20)17(2,3)12-5-7-13(18)8-6-12/h4-10H,1-3H3. The van der Waals surface area contributed by atoms with Crippen molar-refractivity contribution < 1.29 is 13.6 Å². The maximum Gasteiger partial charge on any atom is 0.175 e. The Morgan fingerprint density at radius 1 is 1.00 bits per heavy atom. The fourth-order valence-electron chi connectivity index (χ4n) is 2.15. The Labute approximate surface area is 117 Å². The van der Waals surface area contributed by atoms with E-state index in [1.165, 1.54) is 18.2 Å². The normalized spacial score (nSPS) is 11.4. The molecule has 0 saturated heterocycles. The highest BCUT2D eigenvalue weighted by Gasteiger charge is 2.32. The number of hydrogen-bond acceptors (Lipinski definition) is 1. The smallest absolute Gasteiger partial charge is 0.175 e. The molecule has 0 radical (unpaired) electrons. The van der Waals surface area contributed by atoms with E-state index >= 15 is 0 Å². The number of carbonyl (C=O) groups excluding carboxylic acids is 1. The fourth-order valence-corrected chi connectivity index (χ4v) is 2.15. The molecule has 104 valence electrons. The molecule has 0 bridgehead atoms. The maximum atomic E-state index is 13.8. The number of ketones is 1. The lowest BCUT2D eigenvalue weighted by molar-refractivity contribution is 0.0904. The third-order valence-corrected chi connectivity index (χ3v) is 3.50. The molecule has 0 aliphatic carbocycles. The van der Waals surface area contributed by atoms with Crippen molar-refractivity contribution in [2.24, 2.45) is 0 Å². The molecule has 0 N–H and O–H groups in total. The summed E-state index contributed by atoms with van der Waals surface area (Å²) in [7, 11) is 0. The Morgan fingerprint density at radius 3 is 2.20 bits per heavy atom. The van der Waals surface area contributed by atoms with Crippen LogP contribution in [-0.4, -0.2) is 5.78 Å². The second kappa shape index (κ2) is 5.16. The molecule has 0 aromatic heterocycles. The van der Waals surface area contributed by atoms with Gasteiger partial charge in [0.2, 0.25) is 0 Å². The minimum Gasteiger partial charge on any atom is -0.293 e. The molecule has 1 nitrogen and oxygen atoms in total. The van der Waals surface area contributed by atoms with E-state index in [1.54, 1.807) is 45.0 Å². The number of Topliss-reactive ketones (excluding diaryl/α,β-unsaturated/α-hetero) is 1. The summed E-state index contributed by atoms with van der Waals surface area (Å²) in [6.45, 7) is 5.23. The zero-order chi connectivity index (χ0) is 14.9. The van der Waals surface area contributed by atoms with Crippen LogP contribution in [0.3, 0.4) is 0 Å². The molecule has 0 atom stereocenters. The van der Waals surface area contributed by atoms with Gasteiger partial charge in [-0.1, -0.05) is 23.8 Å². The van der Waals surface area contributed by atoms with Gasteiger partial charge in [-0.15, -0.1) is 0 Å². The highest BCUT2D eigenvalue weighted by Crippen LogP contribution is 2.29. The molecule has 3 heteroatoms. The zero-order valence-electron chi connectivity index (χ0n) is 11.7. The van der Waals surface area contributed by atoms with Crippen molar-refractivity contribution in [3.05, 3.63) is 70.8 Å². The average Bonchev–Trinajstić information content (AvgIpc) is 2.41. The van der Waals surface area contributed by atoms with Gasteiger partial charge in [0.1, 0.15) is 11.6 Å². The molecule has 0 fully saturated rings. The summed E-state index contributed by atoms with van der Waals surface area (Å²) in [5.41, 5.74) is 0.635. The molecular formula is C17H16F2O. The Hall–Kier alpha value is -2.03. The summed E-state index contributed by atoms with van der Waals surface area (Å²) in [4.78, 5) is 12.6. The summed E-state index contributed by atoms with van der Waals surface area (Å²) in [5.74, 6) is -1.21. The second-order valence-corrected chi connectivity index (χ2v) is 5.44. The highest BCUT2D eigenvalue weighted by molar-refractivity contribution is 6.03. The number of rotatable bonds is 3. The Balaban J connectivity index is 2.45. The van der Waals surface area contributed by atoms with E-state index in [0.717, 1.165) is 5.56 Å². The molecule has 0 aliphatic rings. The van der Waals surface area contributed by atoms with E-state index in [2.05, 4.69) is 0 Å². The number of aryl methyl sites for hydroxylation is 1. The molecular weight excluding hydrogens is 258 g/mol. The lowest BCUT2D eigenvalue weighted by Gasteiger charge is -2.24. The molecule has 0 heterocycles. The van der Waals surface area contributed by atoms with E-state index in [4.69, 9.17) is 0 Å². The van der Waals surface area contributed by atoms with Crippen molar-refractivity contribution in [3.8, 4) is 0 Å². The Bertz CT molecular complexity index is 643. The number of halogens is 2. The number of hydrogen-bond donors (Lipinski definition) is 0. The van der Waals surface area contributed by atoms with E-state index < -0.39 is 11.2 Å². The maximum absolute atomic E-state index is 13.8. The van der Waals surface area contributed by atoms with Crippen LogP contribution in [0.1, 0.15) is 35.3 Å². The predicted molar refractivity (Wildman–Crippen MR) is 74.9 cm³/mol. The molecule has 0 amide bonds. The average molecular weight is 274 g/mol. The van der Waals surface area contributed by atoms with Crippen LogP contribution in [0.4, 0.5) is 8.78 Å².